The number of thiophene rings is 1. The van der Waals surface area contributed by atoms with Gasteiger partial charge in [0, 0.05) is 18.2 Å². The molecule has 3 heterocycles. The number of pyridine rings is 1. The molecule has 0 spiro atoms. The van der Waals surface area contributed by atoms with Gasteiger partial charge in [0.2, 0.25) is 0 Å². The molecule has 0 aromatic carbocycles. The standard InChI is InChI=1S/C13H9ClN2O4S2/c14-11-2-1-8(7-15-11)12(17)20-16-10-4-6-22(18,19)13-9(10)3-5-21-13/h1-3,5,7H,4,6H2/b16-10-. The number of oxime groups is 1. The largest absolute Gasteiger partial charge is 0.367 e. The Bertz CT molecular complexity index is 856. The number of rotatable bonds is 2. The molecule has 0 radical (unpaired) electrons. The minimum Gasteiger partial charge on any atom is -0.312 e. The number of fused-ring (bicyclic) bond motifs is 1. The molecule has 2 aromatic heterocycles. The highest BCUT2D eigenvalue weighted by atomic mass is 35.5. The van der Waals surface area contributed by atoms with Crippen LogP contribution >= 0.6 is 22.9 Å². The van der Waals surface area contributed by atoms with Crippen molar-refractivity contribution in [1.82, 2.24) is 4.98 Å². The number of hydrogen-bond donors (Lipinski definition) is 0. The lowest BCUT2D eigenvalue weighted by Crippen LogP contribution is -2.20. The first-order chi connectivity index (χ1) is 10.5. The molecule has 0 bridgehead atoms. The van der Waals surface area contributed by atoms with Crippen LogP contribution in [0.5, 0.6) is 0 Å². The van der Waals surface area contributed by atoms with Crippen molar-refractivity contribution in [2.75, 3.05) is 5.75 Å². The van der Waals surface area contributed by atoms with E-state index >= 15 is 0 Å². The summed E-state index contributed by atoms with van der Waals surface area (Å²) in [5.41, 5.74) is 1.15. The normalized spacial score (nSPS) is 18.0. The summed E-state index contributed by atoms with van der Waals surface area (Å²) in [6.07, 6.45) is 1.49. The second-order valence-electron chi connectivity index (χ2n) is 4.48. The number of aromatic nitrogens is 1. The fourth-order valence-electron chi connectivity index (χ4n) is 1.95. The Labute approximate surface area is 135 Å². The summed E-state index contributed by atoms with van der Waals surface area (Å²) in [4.78, 5) is 20.5. The predicted octanol–water partition coefficient (Wildman–Crippen LogP) is 2.54. The van der Waals surface area contributed by atoms with Crippen LogP contribution in [-0.4, -0.2) is 30.8 Å². The van der Waals surface area contributed by atoms with Crippen LogP contribution in [0.4, 0.5) is 0 Å². The van der Waals surface area contributed by atoms with Gasteiger partial charge in [-0.1, -0.05) is 16.8 Å². The Balaban J connectivity index is 1.82. The van der Waals surface area contributed by atoms with E-state index in [1.54, 1.807) is 11.4 Å². The predicted molar refractivity (Wildman–Crippen MR) is 82.2 cm³/mol. The van der Waals surface area contributed by atoms with E-state index in [-0.39, 0.29) is 27.1 Å². The van der Waals surface area contributed by atoms with Crippen molar-refractivity contribution in [3.8, 4) is 0 Å². The van der Waals surface area contributed by atoms with Gasteiger partial charge in [0.05, 0.1) is 17.0 Å². The van der Waals surface area contributed by atoms with Gasteiger partial charge in [-0.15, -0.1) is 11.3 Å². The van der Waals surface area contributed by atoms with Gasteiger partial charge in [0.15, 0.2) is 9.84 Å². The average Bonchev–Trinajstić information content (AvgIpc) is 2.98. The molecule has 0 N–H and O–H groups in total. The lowest BCUT2D eigenvalue weighted by atomic mass is 10.1. The summed E-state index contributed by atoms with van der Waals surface area (Å²) >= 11 is 6.77. The van der Waals surface area contributed by atoms with Crippen LogP contribution in [0.2, 0.25) is 5.15 Å². The summed E-state index contributed by atoms with van der Waals surface area (Å²) in [5.74, 6) is -0.721. The van der Waals surface area contributed by atoms with E-state index in [4.69, 9.17) is 16.4 Å². The molecule has 0 unspecified atom stereocenters. The molecule has 3 rings (SSSR count). The smallest absolute Gasteiger partial charge is 0.312 e. The van der Waals surface area contributed by atoms with Gasteiger partial charge < -0.3 is 4.84 Å². The SMILES string of the molecule is O=C(O/N=C1/CCS(=O)(=O)c2sccc21)c1ccc(Cl)nc1. The zero-order valence-electron chi connectivity index (χ0n) is 11.0. The highest BCUT2D eigenvalue weighted by molar-refractivity contribution is 7.93. The molecule has 1 aliphatic rings. The highest BCUT2D eigenvalue weighted by Gasteiger charge is 2.29. The number of carbonyl (C=O) groups excluding carboxylic acids is 1. The average molecular weight is 357 g/mol. The molecule has 0 atom stereocenters. The monoisotopic (exact) mass is 356 g/mol. The number of sulfone groups is 1. The van der Waals surface area contributed by atoms with Crippen molar-refractivity contribution >= 4 is 44.5 Å². The molecule has 1 aliphatic heterocycles. The lowest BCUT2D eigenvalue weighted by Gasteiger charge is -2.13. The summed E-state index contributed by atoms with van der Waals surface area (Å²) < 4.78 is 24.1. The summed E-state index contributed by atoms with van der Waals surface area (Å²) in [7, 11) is -3.25. The van der Waals surface area contributed by atoms with Crippen LogP contribution in [0.3, 0.4) is 0 Å². The minimum atomic E-state index is -3.25. The topological polar surface area (TPSA) is 85.7 Å². The highest BCUT2D eigenvalue weighted by Crippen LogP contribution is 2.30. The van der Waals surface area contributed by atoms with Gasteiger partial charge in [0.1, 0.15) is 9.36 Å². The van der Waals surface area contributed by atoms with Crippen molar-refractivity contribution in [2.45, 2.75) is 10.6 Å². The van der Waals surface area contributed by atoms with E-state index < -0.39 is 15.8 Å². The number of hydrogen-bond acceptors (Lipinski definition) is 7. The van der Waals surface area contributed by atoms with Crippen molar-refractivity contribution < 1.29 is 18.0 Å². The van der Waals surface area contributed by atoms with Crippen LogP contribution in [-0.2, 0) is 14.7 Å². The summed E-state index contributed by atoms with van der Waals surface area (Å²) in [5, 5.41) is 5.75. The molecule has 0 aliphatic carbocycles. The van der Waals surface area contributed by atoms with E-state index in [0.717, 1.165) is 11.3 Å². The van der Waals surface area contributed by atoms with Crippen molar-refractivity contribution in [3.05, 3.63) is 46.1 Å². The second-order valence-corrected chi connectivity index (χ2v) is 8.08. The first-order valence-corrected chi connectivity index (χ1v) is 9.09. The Morgan fingerprint density at radius 3 is 2.91 bits per heavy atom. The maximum absolute atomic E-state index is 11.9. The first-order valence-electron chi connectivity index (χ1n) is 6.18. The third kappa shape index (κ3) is 2.90. The Morgan fingerprint density at radius 1 is 1.36 bits per heavy atom. The van der Waals surface area contributed by atoms with Crippen LogP contribution in [0, 0.1) is 0 Å². The molecular formula is C13H9ClN2O4S2. The Kier molecular flexibility index (Phi) is 3.98. The zero-order valence-corrected chi connectivity index (χ0v) is 13.4. The quantitative estimate of drug-likeness (QED) is 0.469. The van der Waals surface area contributed by atoms with Gasteiger partial charge in [-0.3, -0.25) is 0 Å². The molecule has 0 fully saturated rings. The summed E-state index contributed by atoms with van der Waals surface area (Å²) in [6.45, 7) is 0. The van der Waals surface area contributed by atoms with Crippen LogP contribution < -0.4 is 0 Å². The van der Waals surface area contributed by atoms with E-state index in [1.165, 1.54) is 18.3 Å². The van der Waals surface area contributed by atoms with Crippen molar-refractivity contribution in [1.29, 1.82) is 0 Å². The number of carbonyl (C=O) groups is 1. The summed E-state index contributed by atoms with van der Waals surface area (Å²) in [6, 6.07) is 4.60. The molecular weight excluding hydrogens is 348 g/mol. The second kappa shape index (κ2) is 5.79. The van der Waals surface area contributed by atoms with E-state index in [1.807, 2.05) is 0 Å². The van der Waals surface area contributed by atoms with Crippen molar-refractivity contribution in [2.24, 2.45) is 5.16 Å². The van der Waals surface area contributed by atoms with Crippen molar-refractivity contribution in [3.63, 3.8) is 0 Å². The van der Waals surface area contributed by atoms with Crippen LogP contribution in [0.15, 0.2) is 39.1 Å². The lowest BCUT2D eigenvalue weighted by molar-refractivity contribution is 0.0515. The fraction of sp³-hybridized carbons (Fsp3) is 0.154. The third-order valence-corrected chi connectivity index (χ3v) is 6.54. The fourth-order valence-corrected chi connectivity index (χ4v) is 4.87. The van der Waals surface area contributed by atoms with Gasteiger partial charge >= 0.3 is 5.97 Å². The first kappa shape index (κ1) is 15.1. The third-order valence-electron chi connectivity index (χ3n) is 3.03. The van der Waals surface area contributed by atoms with E-state index in [0.29, 0.717) is 11.3 Å². The zero-order chi connectivity index (χ0) is 15.7. The Morgan fingerprint density at radius 2 is 2.18 bits per heavy atom. The van der Waals surface area contributed by atoms with Gasteiger partial charge in [-0.25, -0.2) is 18.2 Å². The molecule has 0 saturated heterocycles. The van der Waals surface area contributed by atoms with Gasteiger partial charge in [0.25, 0.3) is 0 Å². The maximum atomic E-state index is 11.9. The Hall–Kier alpha value is -1.77. The molecule has 9 heteroatoms. The molecule has 6 nitrogen and oxygen atoms in total. The maximum Gasteiger partial charge on any atom is 0.367 e. The molecule has 0 amide bonds. The van der Waals surface area contributed by atoms with Gasteiger partial charge in [-0.05, 0) is 23.6 Å². The van der Waals surface area contributed by atoms with E-state index in [9.17, 15) is 13.2 Å². The molecule has 2 aromatic rings. The number of nitrogens with zero attached hydrogens (tertiary/aromatic N) is 2. The van der Waals surface area contributed by atoms with Crippen LogP contribution in [0.1, 0.15) is 22.3 Å². The number of halogens is 1. The molecule has 22 heavy (non-hydrogen) atoms. The molecule has 0 saturated carbocycles. The van der Waals surface area contributed by atoms with Crippen LogP contribution in [0.25, 0.3) is 0 Å². The van der Waals surface area contributed by atoms with Gasteiger partial charge in [-0.2, -0.15) is 0 Å². The minimum absolute atomic E-state index is 0.0423. The molecule has 114 valence electrons. The van der Waals surface area contributed by atoms with E-state index in [2.05, 4.69) is 10.1 Å².